The number of hydrogen-bond donors (Lipinski definition) is 2. The number of hydrogen-bond acceptors (Lipinski definition) is 5. The van der Waals surface area contributed by atoms with E-state index < -0.39 is 29.5 Å². The molecule has 3 aromatic rings. The zero-order valence-corrected chi connectivity index (χ0v) is 23.0. The molecule has 3 aromatic carbocycles. The van der Waals surface area contributed by atoms with Crippen molar-refractivity contribution in [1.82, 2.24) is 4.90 Å². The van der Waals surface area contributed by atoms with Gasteiger partial charge in [-0.2, -0.15) is 0 Å². The first kappa shape index (κ1) is 27.9. The molecule has 0 aliphatic carbocycles. The predicted octanol–water partition coefficient (Wildman–Crippen LogP) is 6.36. The normalized spacial score (nSPS) is 16.9. The van der Waals surface area contributed by atoms with Gasteiger partial charge in [-0.25, -0.2) is 4.79 Å². The summed E-state index contributed by atoms with van der Waals surface area (Å²) in [5.74, 6) is -2.61. The third-order valence-electron chi connectivity index (χ3n) is 6.69. The van der Waals surface area contributed by atoms with Gasteiger partial charge in [0.15, 0.2) is 0 Å². The van der Waals surface area contributed by atoms with Crippen LogP contribution in [-0.4, -0.2) is 39.4 Å². The number of aliphatic hydroxyl groups is 1. The molecule has 2 N–H and O–H groups in total. The Labute approximate surface area is 232 Å². The lowest BCUT2D eigenvalue weighted by atomic mass is 9.85. The number of ether oxygens (including phenoxy) is 1. The minimum atomic E-state index is -1.06. The maximum Gasteiger partial charge on any atom is 0.335 e. The number of Topliss-reactive ketones (excluding diaryl/α,β-unsaturated/α-hetero) is 1. The van der Waals surface area contributed by atoms with E-state index in [0.717, 1.165) is 5.56 Å². The zero-order chi connectivity index (χ0) is 28.5. The minimum absolute atomic E-state index is 0.0274. The van der Waals surface area contributed by atoms with Gasteiger partial charge in [0.1, 0.15) is 11.5 Å². The smallest absolute Gasteiger partial charge is 0.335 e. The van der Waals surface area contributed by atoms with Crippen molar-refractivity contribution in [2.24, 2.45) is 0 Å². The number of carbonyl (C=O) groups excluding carboxylic acids is 2. The van der Waals surface area contributed by atoms with Gasteiger partial charge in [0.25, 0.3) is 11.7 Å². The van der Waals surface area contributed by atoms with E-state index in [9.17, 15) is 24.6 Å². The van der Waals surface area contributed by atoms with Crippen LogP contribution in [0.3, 0.4) is 0 Å². The number of amides is 1. The van der Waals surface area contributed by atoms with E-state index in [2.05, 4.69) is 20.8 Å². The number of benzene rings is 3. The van der Waals surface area contributed by atoms with Crippen molar-refractivity contribution >= 4 is 35.0 Å². The first-order chi connectivity index (χ1) is 18.4. The Morgan fingerprint density at radius 3 is 2.18 bits per heavy atom. The predicted molar refractivity (Wildman–Crippen MR) is 149 cm³/mol. The number of carbonyl (C=O) groups is 3. The Bertz CT molecular complexity index is 1450. The first-order valence-electron chi connectivity index (χ1n) is 12.6. The minimum Gasteiger partial charge on any atom is -0.507 e. The Kier molecular flexibility index (Phi) is 7.84. The number of carboxylic acid groups (broad SMARTS) is 1. The van der Waals surface area contributed by atoms with Gasteiger partial charge in [0.05, 0.1) is 28.8 Å². The van der Waals surface area contributed by atoms with Crippen LogP contribution >= 0.6 is 11.6 Å². The molecule has 1 aliphatic rings. The van der Waals surface area contributed by atoms with Gasteiger partial charge < -0.3 is 19.8 Å². The third kappa shape index (κ3) is 5.68. The molecule has 1 amide bonds. The lowest BCUT2D eigenvalue weighted by Crippen LogP contribution is -2.29. The number of rotatable bonds is 7. The second-order valence-corrected chi connectivity index (χ2v) is 10.8. The lowest BCUT2D eigenvalue weighted by molar-refractivity contribution is -0.140. The maximum absolute atomic E-state index is 13.4. The van der Waals surface area contributed by atoms with Gasteiger partial charge >= 0.3 is 5.97 Å². The van der Waals surface area contributed by atoms with Gasteiger partial charge in [0.2, 0.25) is 0 Å². The molecule has 0 bridgehead atoms. The number of nitrogens with zero attached hydrogens (tertiary/aromatic N) is 1. The first-order valence-corrected chi connectivity index (χ1v) is 12.9. The molecule has 202 valence electrons. The van der Waals surface area contributed by atoms with E-state index in [4.69, 9.17) is 16.3 Å². The number of aromatic carboxylic acids is 1. The lowest BCUT2D eigenvalue weighted by Gasteiger charge is -2.27. The molecule has 1 saturated heterocycles. The molecule has 7 nitrogen and oxygen atoms in total. The van der Waals surface area contributed by atoms with Crippen molar-refractivity contribution in [2.45, 2.75) is 45.7 Å². The number of likely N-dealkylation sites (tertiary alicyclic amines) is 1. The highest BCUT2D eigenvalue weighted by molar-refractivity contribution is 6.47. The molecule has 0 spiro atoms. The average molecular weight is 548 g/mol. The van der Waals surface area contributed by atoms with Crippen LogP contribution in [0.15, 0.2) is 72.3 Å². The summed E-state index contributed by atoms with van der Waals surface area (Å²) in [4.78, 5) is 39.5. The van der Waals surface area contributed by atoms with Gasteiger partial charge in [-0.1, -0.05) is 68.8 Å². The van der Waals surface area contributed by atoms with Crippen LogP contribution in [0.25, 0.3) is 5.76 Å². The number of carboxylic acids is 1. The third-order valence-corrected chi connectivity index (χ3v) is 7.02. The molecular weight excluding hydrogens is 518 g/mol. The number of aliphatic hydroxyl groups excluding tert-OH is 1. The maximum atomic E-state index is 13.4. The quantitative estimate of drug-likeness (QED) is 0.203. The summed E-state index contributed by atoms with van der Waals surface area (Å²) >= 11 is 6.42. The Hall–Kier alpha value is -4.10. The molecule has 8 heteroatoms. The van der Waals surface area contributed by atoms with Crippen LogP contribution in [-0.2, 0) is 21.5 Å². The number of ketones is 1. The molecule has 0 saturated carbocycles. The SMILES string of the molecule is CCOc1ccc(Cl)c(/C(O)=C2\C(=O)C(=O)N(Cc3ccc(C(=O)O)cc3)C2c2ccc(C(C)(C)C)cc2)c1. The molecule has 1 fully saturated rings. The average Bonchev–Trinajstić information content (AvgIpc) is 3.14. The van der Waals surface area contributed by atoms with Gasteiger partial charge in [-0.05, 0) is 59.4 Å². The van der Waals surface area contributed by atoms with Crippen molar-refractivity contribution in [2.75, 3.05) is 6.61 Å². The highest BCUT2D eigenvalue weighted by atomic mass is 35.5. The van der Waals surface area contributed by atoms with Gasteiger partial charge in [0, 0.05) is 12.1 Å². The summed E-state index contributed by atoms with van der Waals surface area (Å²) in [7, 11) is 0. The van der Waals surface area contributed by atoms with Crippen LogP contribution < -0.4 is 4.74 Å². The number of halogens is 1. The summed E-state index contributed by atoms with van der Waals surface area (Å²) in [6.07, 6.45) is 0. The second-order valence-electron chi connectivity index (χ2n) is 10.4. The fraction of sp³-hybridized carbons (Fsp3) is 0.258. The highest BCUT2D eigenvalue weighted by Gasteiger charge is 2.46. The summed E-state index contributed by atoms with van der Waals surface area (Å²) in [6, 6.07) is 17.5. The monoisotopic (exact) mass is 547 g/mol. The fourth-order valence-corrected chi connectivity index (χ4v) is 4.80. The molecule has 0 aromatic heterocycles. The second kappa shape index (κ2) is 10.9. The van der Waals surface area contributed by atoms with Crippen LogP contribution in [0.5, 0.6) is 5.75 Å². The van der Waals surface area contributed by atoms with E-state index in [1.165, 1.54) is 17.0 Å². The fourth-order valence-electron chi connectivity index (χ4n) is 4.59. The van der Waals surface area contributed by atoms with Crippen molar-refractivity contribution in [1.29, 1.82) is 0 Å². The van der Waals surface area contributed by atoms with Crippen molar-refractivity contribution < 1.29 is 29.3 Å². The van der Waals surface area contributed by atoms with Crippen molar-refractivity contribution in [3.05, 3.63) is 105 Å². The molecule has 1 atom stereocenters. The molecule has 39 heavy (non-hydrogen) atoms. The van der Waals surface area contributed by atoms with Crippen LogP contribution in [0.1, 0.15) is 66.3 Å². The van der Waals surface area contributed by atoms with E-state index in [1.54, 1.807) is 30.3 Å². The molecule has 1 unspecified atom stereocenters. The molecule has 1 heterocycles. The summed E-state index contributed by atoms with van der Waals surface area (Å²) in [6.45, 7) is 8.50. The zero-order valence-electron chi connectivity index (χ0n) is 22.2. The topological polar surface area (TPSA) is 104 Å². The molecular formula is C31H30ClNO6. The molecule has 4 rings (SSSR count). The largest absolute Gasteiger partial charge is 0.507 e. The van der Waals surface area contributed by atoms with Crippen molar-refractivity contribution in [3.8, 4) is 5.75 Å². The summed E-state index contributed by atoms with van der Waals surface area (Å²) in [5.41, 5.74) is 2.44. The molecule has 1 aliphatic heterocycles. The van der Waals surface area contributed by atoms with E-state index in [-0.39, 0.29) is 33.7 Å². The highest BCUT2D eigenvalue weighted by Crippen LogP contribution is 2.42. The Morgan fingerprint density at radius 1 is 0.974 bits per heavy atom. The van der Waals surface area contributed by atoms with Crippen LogP contribution in [0.4, 0.5) is 0 Å². The van der Waals surface area contributed by atoms with Crippen LogP contribution in [0.2, 0.25) is 5.02 Å². The van der Waals surface area contributed by atoms with Gasteiger partial charge in [-0.15, -0.1) is 0 Å². The van der Waals surface area contributed by atoms with Gasteiger partial charge in [-0.3, -0.25) is 9.59 Å². The standard InChI is InChI=1S/C31H30ClNO6/c1-5-39-22-14-15-24(32)23(16-22)27(34)25-26(19-10-12-21(13-11-19)31(2,3)4)33(29(36)28(25)35)17-18-6-8-20(9-7-18)30(37)38/h6-16,26,34H,5,17H2,1-4H3,(H,37,38)/b27-25+. The van der Waals surface area contributed by atoms with E-state index >= 15 is 0 Å². The summed E-state index contributed by atoms with van der Waals surface area (Å²) < 4.78 is 5.55. The van der Waals surface area contributed by atoms with Crippen molar-refractivity contribution in [3.63, 3.8) is 0 Å². The Morgan fingerprint density at radius 2 is 1.62 bits per heavy atom. The van der Waals surface area contributed by atoms with E-state index in [0.29, 0.717) is 23.5 Å². The molecule has 0 radical (unpaired) electrons. The summed E-state index contributed by atoms with van der Waals surface area (Å²) in [5, 5.41) is 20.9. The Balaban J connectivity index is 1.86. The van der Waals surface area contributed by atoms with E-state index in [1.807, 2.05) is 31.2 Å². The van der Waals surface area contributed by atoms with Crippen LogP contribution in [0, 0.1) is 0 Å².